The molecular weight excluding hydrogens is 359 g/mol. The number of benzene rings is 1. The van der Waals surface area contributed by atoms with Crippen LogP contribution in [-0.4, -0.2) is 46.9 Å². The molecule has 0 spiro atoms. The number of hydrogen-bond acceptors (Lipinski definition) is 5. The van der Waals surface area contributed by atoms with Crippen molar-refractivity contribution in [1.82, 2.24) is 14.5 Å². The predicted molar refractivity (Wildman–Crippen MR) is 105 cm³/mol. The lowest BCUT2D eigenvalue weighted by atomic mass is 10.0. The van der Waals surface area contributed by atoms with Crippen molar-refractivity contribution in [2.24, 2.45) is 5.73 Å². The Balaban J connectivity index is 1.73. The fraction of sp³-hybridized carbons (Fsp3) is 0.350. The van der Waals surface area contributed by atoms with Gasteiger partial charge in [-0.15, -0.1) is 0 Å². The topological polar surface area (TPSA) is 73.6 Å². The molecule has 3 heterocycles. The molecule has 1 saturated heterocycles. The van der Waals surface area contributed by atoms with Crippen molar-refractivity contribution in [3.63, 3.8) is 0 Å². The van der Waals surface area contributed by atoms with Crippen LogP contribution in [0.1, 0.15) is 12.1 Å². The zero-order chi connectivity index (χ0) is 19.7. The maximum absolute atomic E-state index is 13.9. The Morgan fingerprint density at radius 1 is 1.36 bits per heavy atom. The van der Waals surface area contributed by atoms with Gasteiger partial charge in [-0.2, -0.15) is 0 Å². The normalized spacial score (nSPS) is 19.7. The van der Waals surface area contributed by atoms with Gasteiger partial charge in [0.25, 0.3) is 0 Å². The van der Waals surface area contributed by atoms with Gasteiger partial charge in [-0.3, -0.25) is 4.98 Å². The number of rotatable bonds is 4. The first-order valence-corrected chi connectivity index (χ1v) is 9.10. The van der Waals surface area contributed by atoms with Crippen LogP contribution >= 0.6 is 0 Å². The molecule has 28 heavy (non-hydrogen) atoms. The molecule has 2 aromatic heterocycles. The Morgan fingerprint density at radius 3 is 2.89 bits per heavy atom. The van der Waals surface area contributed by atoms with Crippen LogP contribution in [0.15, 0.2) is 36.5 Å². The molecule has 1 aromatic carbocycles. The number of nitrogens with zero attached hydrogens (tertiary/aromatic N) is 5. The van der Waals surface area contributed by atoms with Crippen molar-refractivity contribution in [1.29, 1.82) is 0 Å². The number of nitrogens with two attached hydrogens (primary N) is 1. The van der Waals surface area contributed by atoms with E-state index in [1.54, 1.807) is 25.4 Å². The first-order chi connectivity index (χ1) is 13.6. The number of fused-ring (bicyclic) bond motifs is 1. The van der Waals surface area contributed by atoms with E-state index in [9.17, 15) is 4.39 Å². The smallest absolute Gasteiger partial charge is 0.206 e. The number of hydrogen-bond donors (Lipinski definition) is 1. The van der Waals surface area contributed by atoms with E-state index in [2.05, 4.69) is 14.7 Å². The number of aromatic nitrogens is 3. The number of anilines is 1. The minimum Gasteiger partial charge on any atom is -0.380 e. The third kappa shape index (κ3) is 3.42. The molecule has 4 rings (SSSR count). The van der Waals surface area contributed by atoms with Crippen molar-refractivity contribution < 1.29 is 9.13 Å². The Labute approximate surface area is 162 Å². The van der Waals surface area contributed by atoms with Crippen LogP contribution in [0.25, 0.3) is 15.9 Å². The third-order valence-corrected chi connectivity index (χ3v) is 5.13. The molecular formula is C20H21FN6O. The van der Waals surface area contributed by atoms with Gasteiger partial charge in [0.15, 0.2) is 0 Å². The number of halogens is 1. The molecule has 0 radical (unpaired) electrons. The molecule has 0 aliphatic carbocycles. The first kappa shape index (κ1) is 18.3. The fourth-order valence-corrected chi connectivity index (χ4v) is 3.65. The largest absolute Gasteiger partial charge is 0.380 e. The SMILES string of the molecule is [C-]#[N+]c1ccc(Cn2c(N3CC[C@@H](OC)[C@H](N)C3)nc3ccc(F)cc32)nc1. The number of imidazole rings is 1. The van der Waals surface area contributed by atoms with Gasteiger partial charge in [0.05, 0.1) is 35.9 Å². The number of ether oxygens (including phenoxy) is 1. The van der Waals surface area contributed by atoms with Crippen molar-refractivity contribution >= 4 is 22.7 Å². The van der Waals surface area contributed by atoms with Crippen molar-refractivity contribution in [3.05, 3.63) is 59.5 Å². The molecule has 3 aromatic rings. The monoisotopic (exact) mass is 380 g/mol. The van der Waals surface area contributed by atoms with Gasteiger partial charge in [0.2, 0.25) is 11.6 Å². The Bertz CT molecular complexity index is 1030. The maximum Gasteiger partial charge on any atom is 0.206 e. The molecule has 1 aliphatic rings. The zero-order valence-corrected chi connectivity index (χ0v) is 15.5. The highest BCUT2D eigenvalue weighted by Gasteiger charge is 2.29. The van der Waals surface area contributed by atoms with E-state index in [1.807, 2.05) is 10.6 Å². The summed E-state index contributed by atoms with van der Waals surface area (Å²) in [6.07, 6.45) is 2.36. The van der Waals surface area contributed by atoms with Crippen LogP contribution in [0.3, 0.4) is 0 Å². The minimum absolute atomic E-state index is 0.0226. The lowest BCUT2D eigenvalue weighted by molar-refractivity contribution is 0.0661. The highest BCUT2D eigenvalue weighted by molar-refractivity contribution is 5.79. The van der Waals surface area contributed by atoms with Gasteiger partial charge in [0.1, 0.15) is 5.82 Å². The summed E-state index contributed by atoms with van der Waals surface area (Å²) >= 11 is 0. The molecule has 2 atom stereocenters. The molecule has 7 nitrogen and oxygen atoms in total. The molecule has 0 unspecified atom stereocenters. The summed E-state index contributed by atoms with van der Waals surface area (Å²) in [4.78, 5) is 14.6. The summed E-state index contributed by atoms with van der Waals surface area (Å²) in [5.41, 5.74) is 8.94. The Kier molecular flexibility index (Phi) is 4.94. The van der Waals surface area contributed by atoms with Crippen molar-refractivity contribution in [2.75, 3.05) is 25.1 Å². The van der Waals surface area contributed by atoms with Crippen molar-refractivity contribution in [3.8, 4) is 0 Å². The van der Waals surface area contributed by atoms with Crippen LogP contribution in [-0.2, 0) is 11.3 Å². The van der Waals surface area contributed by atoms with E-state index in [1.165, 1.54) is 12.1 Å². The molecule has 144 valence electrons. The number of pyridine rings is 1. The summed E-state index contributed by atoms with van der Waals surface area (Å²) < 4.78 is 21.3. The van der Waals surface area contributed by atoms with Gasteiger partial charge < -0.3 is 19.9 Å². The van der Waals surface area contributed by atoms with Crippen LogP contribution in [0, 0.1) is 12.4 Å². The molecule has 0 bridgehead atoms. The van der Waals surface area contributed by atoms with Gasteiger partial charge in [-0.1, -0.05) is 6.07 Å². The molecule has 1 aliphatic heterocycles. The lowest BCUT2D eigenvalue weighted by Crippen LogP contribution is -2.52. The van der Waals surface area contributed by atoms with E-state index in [0.717, 1.165) is 30.1 Å². The van der Waals surface area contributed by atoms with Crippen LogP contribution in [0.5, 0.6) is 0 Å². The first-order valence-electron chi connectivity index (χ1n) is 9.10. The zero-order valence-electron chi connectivity index (χ0n) is 15.5. The molecule has 0 saturated carbocycles. The number of methoxy groups -OCH3 is 1. The second-order valence-corrected chi connectivity index (χ2v) is 6.92. The number of piperidine rings is 1. The van der Waals surface area contributed by atoms with Gasteiger partial charge >= 0.3 is 0 Å². The molecule has 8 heteroatoms. The average Bonchev–Trinajstić information content (AvgIpc) is 3.06. The van der Waals surface area contributed by atoms with E-state index in [0.29, 0.717) is 24.3 Å². The Hall–Kier alpha value is -3.02. The van der Waals surface area contributed by atoms with E-state index in [-0.39, 0.29) is 18.0 Å². The van der Waals surface area contributed by atoms with E-state index in [4.69, 9.17) is 22.0 Å². The molecule has 0 amide bonds. The predicted octanol–water partition coefficient (Wildman–Crippen LogP) is 2.72. The van der Waals surface area contributed by atoms with E-state index >= 15 is 0 Å². The maximum atomic E-state index is 13.9. The van der Waals surface area contributed by atoms with Crippen LogP contribution < -0.4 is 10.6 Å². The summed E-state index contributed by atoms with van der Waals surface area (Å²) in [7, 11) is 1.68. The summed E-state index contributed by atoms with van der Waals surface area (Å²) in [6, 6.07) is 8.00. The van der Waals surface area contributed by atoms with E-state index < -0.39 is 0 Å². The summed E-state index contributed by atoms with van der Waals surface area (Å²) in [6.45, 7) is 8.84. The van der Waals surface area contributed by atoms with Gasteiger partial charge in [0, 0.05) is 32.4 Å². The average molecular weight is 380 g/mol. The van der Waals surface area contributed by atoms with Crippen LogP contribution in [0.2, 0.25) is 0 Å². The minimum atomic E-state index is -0.314. The standard InChI is InChI=1S/C20H21FN6O/c1-23-14-4-5-15(24-10-14)11-27-18-9-13(21)3-6-17(18)25-20(27)26-8-7-19(28-2)16(22)12-26/h3-6,9-10,16,19H,7-8,11-12,22H2,2H3/t16-,19-/m1/s1. The third-order valence-electron chi connectivity index (χ3n) is 5.13. The summed E-state index contributed by atoms with van der Waals surface area (Å²) in [5, 5.41) is 0. The molecule has 1 fully saturated rings. The van der Waals surface area contributed by atoms with Gasteiger partial charge in [-0.25, -0.2) is 14.2 Å². The lowest BCUT2D eigenvalue weighted by Gasteiger charge is -2.36. The van der Waals surface area contributed by atoms with Gasteiger partial charge in [-0.05, 0) is 30.7 Å². The highest BCUT2D eigenvalue weighted by Crippen LogP contribution is 2.27. The fourth-order valence-electron chi connectivity index (χ4n) is 3.65. The summed E-state index contributed by atoms with van der Waals surface area (Å²) in [5.74, 6) is 0.424. The highest BCUT2D eigenvalue weighted by atomic mass is 19.1. The van der Waals surface area contributed by atoms with Crippen molar-refractivity contribution in [2.45, 2.75) is 25.1 Å². The second-order valence-electron chi connectivity index (χ2n) is 6.92. The molecule has 2 N–H and O–H groups in total. The van der Waals surface area contributed by atoms with Crippen LogP contribution in [0.4, 0.5) is 16.0 Å². The Morgan fingerprint density at radius 2 is 2.21 bits per heavy atom. The quantitative estimate of drug-likeness (QED) is 0.705. The second kappa shape index (κ2) is 7.54.